The van der Waals surface area contributed by atoms with E-state index in [0.29, 0.717) is 0 Å². The molecule has 2 aromatic heterocycles. The molecule has 3 nitrogen and oxygen atoms in total. The highest BCUT2D eigenvalue weighted by Crippen LogP contribution is 2.29. The fraction of sp³-hybridized carbons (Fsp3) is 0.316. The molecule has 0 radical (unpaired) electrons. The SMILES string of the molecule is CCCc1nc2cccc(C)n2c1Nc1c(C)cccc1C. The van der Waals surface area contributed by atoms with E-state index in [1.807, 2.05) is 0 Å². The molecule has 0 saturated heterocycles. The Hall–Kier alpha value is -2.29. The molecule has 22 heavy (non-hydrogen) atoms. The molecule has 2 heterocycles. The van der Waals surface area contributed by atoms with E-state index in [1.54, 1.807) is 0 Å². The molecule has 0 atom stereocenters. The number of para-hydroxylation sites is 1. The molecule has 0 bridgehead atoms. The van der Waals surface area contributed by atoms with Gasteiger partial charge in [-0.15, -0.1) is 0 Å². The number of fused-ring (bicyclic) bond motifs is 1. The number of nitrogens with zero attached hydrogens (tertiary/aromatic N) is 2. The van der Waals surface area contributed by atoms with Gasteiger partial charge in [0.05, 0.1) is 5.69 Å². The first-order valence-corrected chi connectivity index (χ1v) is 7.92. The van der Waals surface area contributed by atoms with Crippen molar-refractivity contribution in [3.05, 3.63) is 58.9 Å². The standard InChI is InChI=1S/C19H23N3/c1-5-8-16-19(21-18-13(2)9-6-10-14(18)3)22-15(4)11-7-12-17(22)20-16/h6-7,9-12,21H,5,8H2,1-4H3. The second kappa shape index (κ2) is 5.84. The first-order chi connectivity index (χ1) is 10.6. The Kier molecular flexibility index (Phi) is 3.88. The average Bonchev–Trinajstić information content (AvgIpc) is 2.82. The molecule has 0 aliphatic heterocycles. The fourth-order valence-corrected chi connectivity index (χ4v) is 2.97. The van der Waals surface area contributed by atoms with Crippen LogP contribution < -0.4 is 5.32 Å². The van der Waals surface area contributed by atoms with E-state index in [4.69, 9.17) is 4.98 Å². The Morgan fingerprint density at radius 2 is 1.68 bits per heavy atom. The lowest BCUT2D eigenvalue weighted by Crippen LogP contribution is -2.03. The first-order valence-electron chi connectivity index (χ1n) is 7.92. The third-order valence-corrected chi connectivity index (χ3v) is 4.12. The summed E-state index contributed by atoms with van der Waals surface area (Å²) in [7, 11) is 0. The minimum atomic E-state index is 0.981. The minimum absolute atomic E-state index is 0.981. The number of imidazole rings is 1. The van der Waals surface area contributed by atoms with Crippen molar-refractivity contribution in [2.24, 2.45) is 0 Å². The molecule has 114 valence electrons. The molecule has 0 aliphatic carbocycles. The van der Waals surface area contributed by atoms with Crippen LogP contribution in [0.5, 0.6) is 0 Å². The quantitative estimate of drug-likeness (QED) is 0.737. The third-order valence-electron chi connectivity index (χ3n) is 4.12. The van der Waals surface area contributed by atoms with Crippen molar-refractivity contribution in [1.29, 1.82) is 0 Å². The summed E-state index contributed by atoms with van der Waals surface area (Å²) in [6, 6.07) is 12.6. The minimum Gasteiger partial charge on any atom is -0.339 e. The number of aryl methyl sites for hydroxylation is 4. The van der Waals surface area contributed by atoms with Crippen LogP contribution in [0, 0.1) is 20.8 Å². The molecule has 0 amide bonds. The van der Waals surface area contributed by atoms with Crippen molar-refractivity contribution in [3.8, 4) is 0 Å². The van der Waals surface area contributed by atoms with E-state index in [1.165, 1.54) is 22.5 Å². The van der Waals surface area contributed by atoms with Gasteiger partial charge in [0, 0.05) is 11.4 Å². The Balaban J connectivity index is 2.18. The summed E-state index contributed by atoms with van der Waals surface area (Å²) in [4.78, 5) is 4.82. The van der Waals surface area contributed by atoms with Gasteiger partial charge in [-0.3, -0.25) is 4.40 Å². The monoisotopic (exact) mass is 293 g/mol. The largest absolute Gasteiger partial charge is 0.339 e. The Morgan fingerprint density at radius 3 is 2.36 bits per heavy atom. The van der Waals surface area contributed by atoms with Crippen molar-refractivity contribution >= 4 is 17.2 Å². The van der Waals surface area contributed by atoms with Gasteiger partial charge in [-0.1, -0.05) is 37.6 Å². The van der Waals surface area contributed by atoms with Crippen LogP contribution in [-0.2, 0) is 6.42 Å². The predicted molar refractivity (Wildman–Crippen MR) is 93.1 cm³/mol. The topological polar surface area (TPSA) is 29.3 Å². The summed E-state index contributed by atoms with van der Waals surface area (Å²) in [6.45, 7) is 8.61. The molecular weight excluding hydrogens is 270 g/mol. The van der Waals surface area contributed by atoms with E-state index < -0.39 is 0 Å². The van der Waals surface area contributed by atoms with Crippen molar-refractivity contribution < 1.29 is 0 Å². The second-order valence-electron chi connectivity index (χ2n) is 5.91. The molecule has 1 N–H and O–H groups in total. The number of hydrogen-bond acceptors (Lipinski definition) is 2. The molecule has 0 aliphatic rings. The third kappa shape index (κ3) is 2.47. The highest BCUT2D eigenvalue weighted by atomic mass is 15.1. The zero-order chi connectivity index (χ0) is 15.7. The van der Waals surface area contributed by atoms with E-state index in [-0.39, 0.29) is 0 Å². The molecule has 0 unspecified atom stereocenters. The summed E-state index contributed by atoms with van der Waals surface area (Å²) in [5, 5.41) is 3.66. The van der Waals surface area contributed by atoms with E-state index >= 15 is 0 Å². The maximum absolute atomic E-state index is 4.82. The fourth-order valence-electron chi connectivity index (χ4n) is 2.97. The molecule has 0 saturated carbocycles. The van der Waals surface area contributed by atoms with Crippen LogP contribution in [0.2, 0.25) is 0 Å². The molecule has 0 spiro atoms. The van der Waals surface area contributed by atoms with Gasteiger partial charge in [-0.05, 0) is 50.5 Å². The van der Waals surface area contributed by atoms with Crippen molar-refractivity contribution in [1.82, 2.24) is 9.38 Å². The number of benzene rings is 1. The summed E-state index contributed by atoms with van der Waals surface area (Å²) < 4.78 is 2.22. The molecule has 3 rings (SSSR count). The lowest BCUT2D eigenvalue weighted by molar-refractivity contribution is 0.895. The molecule has 0 fully saturated rings. The van der Waals surface area contributed by atoms with Gasteiger partial charge in [-0.25, -0.2) is 4.98 Å². The highest BCUT2D eigenvalue weighted by Gasteiger charge is 2.14. The number of nitrogens with one attached hydrogen (secondary N) is 1. The van der Waals surface area contributed by atoms with E-state index in [0.717, 1.165) is 30.0 Å². The molecule has 3 aromatic rings. The van der Waals surface area contributed by atoms with Crippen LogP contribution in [0.1, 0.15) is 35.9 Å². The summed E-state index contributed by atoms with van der Waals surface area (Å²) in [6.07, 6.45) is 2.07. The maximum Gasteiger partial charge on any atom is 0.138 e. The van der Waals surface area contributed by atoms with Crippen molar-refractivity contribution in [2.75, 3.05) is 5.32 Å². The van der Waals surface area contributed by atoms with Crippen LogP contribution >= 0.6 is 0 Å². The zero-order valence-corrected chi connectivity index (χ0v) is 13.8. The van der Waals surface area contributed by atoms with Crippen LogP contribution in [-0.4, -0.2) is 9.38 Å². The Bertz CT molecular complexity index is 795. The van der Waals surface area contributed by atoms with Crippen molar-refractivity contribution in [3.63, 3.8) is 0 Å². The Labute approximate surface area is 132 Å². The molecular formula is C19H23N3. The van der Waals surface area contributed by atoms with Gasteiger partial charge in [0.2, 0.25) is 0 Å². The number of aromatic nitrogens is 2. The van der Waals surface area contributed by atoms with Crippen LogP contribution in [0.4, 0.5) is 11.5 Å². The lowest BCUT2D eigenvalue weighted by Gasteiger charge is -2.14. The summed E-state index contributed by atoms with van der Waals surface area (Å²) in [5.74, 6) is 1.10. The summed E-state index contributed by atoms with van der Waals surface area (Å²) >= 11 is 0. The van der Waals surface area contributed by atoms with Crippen LogP contribution in [0.3, 0.4) is 0 Å². The summed E-state index contributed by atoms with van der Waals surface area (Å²) in [5.41, 5.74) is 7.04. The van der Waals surface area contributed by atoms with Gasteiger partial charge in [0.1, 0.15) is 11.5 Å². The number of hydrogen-bond donors (Lipinski definition) is 1. The van der Waals surface area contributed by atoms with E-state index in [2.05, 4.69) is 73.8 Å². The molecule has 3 heteroatoms. The first kappa shape index (κ1) is 14.6. The number of rotatable bonds is 4. The van der Waals surface area contributed by atoms with E-state index in [9.17, 15) is 0 Å². The molecule has 1 aromatic carbocycles. The van der Waals surface area contributed by atoms with Gasteiger partial charge in [-0.2, -0.15) is 0 Å². The smallest absolute Gasteiger partial charge is 0.138 e. The lowest BCUT2D eigenvalue weighted by atomic mass is 10.1. The average molecular weight is 293 g/mol. The normalized spacial score (nSPS) is 11.1. The highest BCUT2D eigenvalue weighted by molar-refractivity contribution is 5.69. The zero-order valence-electron chi connectivity index (χ0n) is 13.8. The second-order valence-corrected chi connectivity index (χ2v) is 5.91. The van der Waals surface area contributed by atoms with Gasteiger partial charge in [0.15, 0.2) is 0 Å². The van der Waals surface area contributed by atoms with Gasteiger partial charge < -0.3 is 5.32 Å². The Morgan fingerprint density at radius 1 is 1.00 bits per heavy atom. The predicted octanol–water partition coefficient (Wildman–Crippen LogP) is 4.96. The maximum atomic E-state index is 4.82. The van der Waals surface area contributed by atoms with Crippen LogP contribution in [0.15, 0.2) is 36.4 Å². The van der Waals surface area contributed by atoms with Crippen molar-refractivity contribution in [2.45, 2.75) is 40.5 Å². The number of pyridine rings is 1. The van der Waals surface area contributed by atoms with Crippen LogP contribution in [0.25, 0.3) is 5.65 Å². The van der Waals surface area contributed by atoms with Gasteiger partial charge >= 0.3 is 0 Å². The number of anilines is 2. The van der Waals surface area contributed by atoms with Gasteiger partial charge in [0.25, 0.3) is 0 Å².